The lowest BCUT2D eigenvalue weighted by molar-refractivity contribution is -0.385. The number of amides is 1. The third-order valence-corrected chi connectivity index (χ3v) is 2.70. The quantitative estimate of drug-likeness (QED) is 0.574. The minimum absolute atomic E-state index is 0.0163. The van der Waals surface area contributed by atoms with Crippen molar-refractivity contribution in [3.05, 3.63) is 39.9 Å². The van der Waals surface area contributed by atoms with Gasteiger partial charge in [0.15, 0.2) is 0 Å². The van der Waals surface area contributed by atoms with Gasteiger partial charge in [0.05, 0.1) is 11.3 Å². The molecule has 0 saturated carbocycles. The highest BCUT2D eigenvalue weighted by atomic mass is 16.6. The second-order valence-corrected chi connectivity index (χ2v) is 4.33. The zero-order valence-corrected chi connectivity index (χ0v) is 11.2. The van der Waals surface area contributed by atoms with Crippen molar-refractivity contribution in [2.75, 3.05) is 13.1 Å². The minimum Gasteiger partial charge on any atom is -0.354 e. The number of carbonyl (C=O) groups is 1. The summed E-state index contributed by atoms with van der Waals surface area (Å²) in [5.41, 5.74) is 0.415. The topological polar surface area (TPSA) is 84.3 Å². The largest absolute Gasteiger partial charge is 0.354 e. The molecule has 1 atom stereocenters. The van der Waals surface area contributed by atoms with Crippen LogP contribution in [0.5, 0.6) is 0 Å². The van der Waals surface area contributed by atoms with Gasteiger partial charge in [-0.2, -0.15) is 0 Å². The van der Waals surface area contributed by atoms with Gasteiger partial charge in [0, 0.05) is 24.2 Å². The van der Waals surface area contributed by atoms with E-state index in [9.17, 15) is 14.9 Å². The molecule has 104 valence electrons. The van der Waals surface area contributed by atoms with Crippen molar-refractivity contribution in [3.8, 4) is 0 Å². The van der Waals surface area contributed by atoms with Crippen LogP contribution in [0.4, 0.5) is 5.69 Å². The summed E-state index contributed by atoms with van der Waals surface area (Å²) in [6, 6.07) is 6.47. The number of para-hydroxylation sites is 1. The van der Waals surface area contributed by atoms with Gasteiger partial charge in [-0.25, -0.2) is 0 Å². The van der Waals surface area contributed by atoms with Crippen LogP contribution in [0.3, 0.4) is 0 Å². The number of hydrogen-bond acceptors (Lipinski definition) is 4. The van der Waals surface area contributed by atoms with Gasteiger partial charge in [-0.05, 0) is 13.5 Å². The molecule has 1 rings (SSSR count). The third-order valence-electron chi connectivity index (χ3n) is 2.70. The molecule has 6 heteroatoms. The molecule has 1 amide bonds. The highest BCUT2D eigenvalue weighted by molar-refractivity contribution is 5.79. The molecule has 6 nitrogen and oxygen atoms in total. The summed E-state index contributed by atoms with van der Waals surface area (Å²) in [7, 11) is 0. The van der Waals surface area contributed by atoms with Crippen molar-refractivity contribution in [2.45, 2.75) is 26.3 Å². The van der Waals surface area contributed by atoms with Gasteiger partial charge in [0.1, 0.15) is 0 Å². The second kappa shape index (κ2) is 7.48. The van der Waals surface area contributed by atoms with Crippen molar-refractivity contribution >= 4 is 11.6 Å². The summed E-state index contributed by atoms with van der Waals surface area (Å²) >= 11 is 0. The van der Waals surface area contributed by atoms with E-state index in [-0.39, 0.29) is 24.1 Å². The summed E-state index contributed by atoms with van der Waals surface area (Å²) in [6.07, 6.45) is 0.0238. The molecular formula is C13H19N3O3. The average Bonchev–Trinajstić information content (AvgIpc) is 2.37. The van der Waals surface area contributed by atoms with Crippen LogP contribution in [0.2, 0.25) is 0 Å². The van der Waals surface area contributed by atoms with Crippen molar-refractivity contribution < 1.29 is 9.72 Å². The molecular weight excluding hydrogens is 246 g/mol. The summed E-state index contributed by atoms with van der Waals surface area (Å²) in [5.74, 6) is -0.209. The van der Waals surface area contributed by atoms with Gasteiger partial charge < -0.3 is 10.6 Å². The Bertz CT molecular complexity index is 449. The van der Waals surface area contributed by atoms with E-state index < -0.39 is 4.92 Å². The second-order valence-electron chi connectivity index (χ2n) is 4.33. The number of nitro groups is 1. The fourth-order valence-corrected chi connectivity index (χ4v) is 1.76. The normalized spacial score (nSPS) is 11.9. The summed E-state index contributed by atoms with van der Waals surface area (Å²) in [6.45, 7) is 5.30. The highest BCUT2D eigenvalue weighted by Gasteiger charge is 2.15. The molecule has 0 unspecified atom stereocenters. The van der Waals surface area contributed by atoms with E-state index in [1.807, 2.05) is 13.8 Å². The maximum Gasteiger partial charge on any atom is 0.273 e. The molecule has 0 saturated heterocycles. The number of nitro benzene ring substituents is 1. The third kappa shape index (κ3) is 5.05. The van der Waals surface area contributed by atoms with Crippen LogP contribution in [0.1, 0.15) is 19.4 Å². The first-order valence-electron chi connectivity index (χ1n) is 6.27. The minimum atomic E-state index is -0.468. The Hall–Kier alpha value is -1.95. The molecule has 0 spiro atoms. The molecule has 2 N–H and O–H groups in total. The molecule has 1 aromatic carbocycles. The van der Waals surface area contributed by atoms with Gasteiger partial charge in [-0.15, -0.1) is 0 Å². The number of benzene rings is 1. The fourth-order valence-electron chi connectivity index (χ4n) is 1.76. The van der Waals surface area contributed by atoms with E-state index in [1.54, 1.807) is 18.2 Å². The summed E-state index contributed by atoms with van der Waals surface area (Å²) in [5, 5.41) is 16.7. The lowest BCUT2D eigenvalue weighted by atomic mass is 10.1. The Morgan fingerprint density at radius 2 is 2.11 bits per heavy atom. The maximum absolute atomic E-state index is 11.7. The Kier molecular flexibility index (Phi) is 5.95. The standard InChI is InChI=1S/C13H19N3O3/c1-3-14-10(2)9-15-13(17)8-11-6-4-5-7-12(11)16(18)19/h4-7,10,14H,3,8-9H2,1-2H3,(H,15,17)/t10-/m1/s1. The zero-order valence-electron chi connectivity index (χ0n) is 11.2. The number of hydrogen-bond donors (Lipinski definition) is 2. The predicted molar refractivity (Wildman–Crippen MR) is 72.9 cm³/mol. The number of carbonyl (C=O) groups excluding carboxylic acids is 1. The van der Waals surface area contributed by atoms with Crippen LogP contribution in [-0.2, 0) is 11.2 Å². The first kappa shape index (κ1) is 15.1. The SMILES string of the molecule is CCN[C@H](C)CNC(=O)Cc1ccccc1[N+](=O)[O-]. The number of likely N-dealkylation sites (N-methyl/N-ethyl adjacent to an activating group) is 1. The van der Waals surface area contributed by atoms with E-state index in [4.69, 9.17) is 0 Å². The van der Waals surface area contributed by atoms with E-state index in [1.165, 1.54) is 6.07 Å². The molecule has 0 aliphatic heterocycles. The lowest BCUT2D eigenvalue weighted by Crippen LogP contribution is -2.39. The molecule has 0 bridgehead atoms. The summed E-state index contributed by atoms with van der Waals surface area (Å²) < 4.78 is 0. The molecule has 0 aliphatic rings. The Labute approximate surface area is 112 Å². The average molecular weight is 265 g/mol. The number of nitrogens with one attached hydrogen (secondary N) is 2. The van der Waals surface area contributed by atoms with Crippen molar-refractivity contribution in [2.24, 2.45) is 0 Å². The first-order valence-corrected chi connectivity index (χ1v) is 6.27. The van der Waals surface area contributed by atoms with Crippen LogP contribution in [0.25, 0.3) is 0 Å². The monoisotopic (exact) mass is 265 g/mol. The maximum atomic E-state index is 11.7. The van der Waals surface area contributed by atoms with Crippen LogP contribution < -0.4 is 10.6 Å². The Balaban J connectivity index is 2.55. The molecule has 0 fully saturated rings. The van der Waals surface area contributed by atoms with E-state index in [2.05, 4.69) is 10.6 Å². The van der Waals surface area contributed by atoms with Crippen LogP contribution in [0.15, 0.2) is 24.3 Å². The highest BCUT2D eigenvalue weighted by Crippen LogP contribution is 2.17. The van der Waals surface area contributed by atoms with Gasteiger partial charge in [0.25, 0.3) is 5.69 Å². The van der Waals surface area contributed by atoms with Gasteiger partial charge in [0.2, 0.25) is 5.91 Å². The number of nitrogens with zero attached hydrogens (tertiary/aromatic N) is 1. The van der Waals surface area contributed by atoms with Crippen molar-refractivity contribution in [1.82, 2.24) is 10.6 Å². The molecule has 0 aromatic heterocycles. The first-order chi connectivity index (χ1) is 9.04. The van der Waals surface area contributed by atoms with Crippen LogP contribution in [-0.4, -0.2) is 30.0 Å². The number of rotatable bonds is 7. The van der Waals surface area contributed by atoms with Crippen molar-refractivity contribution in [3.63, 3.8) is 0 Å². The van der Waals surface area contributed by atoms with Crippen LogP contribution in [0, 0.1) is 10.1 Å². The van der Waals surface area contributed by atoms with E-state index >= 15 is 0 Å². The zero-order chi connectivity index (χ0) is 14.3. The Morgan fingerprint density at radius 3 is 2.74 bits per heavy atom. The van der Waals surface area contributed by atoms with E-state index in [0.29, 0.717) is 12.1 Å². The van der Waals surface area contributed by atoms with Gasteiger partial charge in [-0.3, -0.25) is 14.9 Å². The van der Waals surface area contributed by atoms with Gasteiger partial charge >= 0.3 is 0 Å². The molecule has 0 heterocycles. The van der Waals surface area contributed by atoms with Crippen LogP contribution >= 0.6 is 0 Å². The molecule has 0 radical (unpaired) electrons. The van der Waals surface area contributed by atoms with Crippen molar-refractivity contribution in [1.29, 1.82) is 0 Å². The fraction of sp³-hybridized carbons (Fsp3) is 0.462. The molecule has 0 aliphatic carbocycles. The molecule has 19 heavy (non-hydrogen) atoms. The predicted octanol–water partition coefficient (Wildman–Crippen LogP) is 1.25. The van der Waals surface area contributed by atoms with E-state index in [0.717, 1.165) is 6.54 Å². The lowest BCUT2D eigenvalue weighted by Gasteiger charge is -2.13. The summed E-state index contributed by atoms with van der Waals surface area (Å²) in [4.78, 5) is 22.1. The van der Waals surface area contributed by atoms with Gasteiger partial charge in [-0.1, -0.05) is 25.1 Å². The Morgan fingerprint density at radius 1 is 1.42 bits per heavy atom. The molecule has 1 aromatic rings. The smallest absolute Gasteiger partial charge is 0.273 e.